The van der Waals surface area contributed by atoms with E-state index < -0.39 is 6.03 Å². The van der Waals surface area contributed by atoms with Crippen molar-refractivity contribution in [1.82, 2.24) is 5.43 Å². The summed E-state index contributed by atoms with van der Waals surface area (Å²) in [5.41, 5.74) is 7.50. The van der Waals surface area contributed by atoms with Gasteiger partial charge in [-0.3, -0.25) is 0 Å². The standard InChI is InChI=1S/C12H11N3O2.ClH/c13-12(17)15-14-7-10-9-4-2-1-3-8(9)5-6-11(10)16;/h1-7,16H,(H3,13,15,17);1H/b14-7+;. The summed E-state index contributed by atoms with van der Waals surface area (Å²) in [6.45, 7) is 0. The van der Waals surface area contributed by atoms with Crippen LogP contribution in [0.15, 0.2) is 41.5 Å². The highest BCUT2D eigenvalue weighted by Gasteiger charge is 2.03. The van der Waals surface area contributed by atoms with Gasteiger partial charge in [0.2, 0.25) is 0 Å². The third kappa shape index (κ3) is 2.89. The van der Waals surface area contributed by atoms with Crippen LogP contribution in [0.1, 0.15) is 5.56 Å². The van der Waals surface area contributed by atoms with Crippen molar-refractivity contribution in [2.24, 2.45) is 10.8 Å². The first-order valence-corrected chi connectivity index (χ1v) is 4.97. The lowest BCUT2D eigenvalue weighted by atomic mass is 10.0. The SMILES string of the molecule is Cl.NC(=O)N/N=C/c1c(O)ccc2ccccc12. The van der Waals surface area contributed by atoms with Crippen LogP contribution < -0.4 is 11.2 Å². The Morgan fingerprint density at radius 3 is 2.72 bits per heavy atom. The number of carbonyl (C=O) groups is 1. The molecule has 94 valence electrons. The van der Waals surface area contributed by atoms with E-state index in [-0.39, 0.29) is 18.2 Å². The average Bonchev–Trinajstić information content (AvgIpc) is 2.32. The van der Waals surface area contributed by atoms with Gasteiger partial charge in [-0.1, -0.05) is 30.3 Å². The van der Waals surface area contributed by atoms with Crippen molar-refractivity contribution >= 4 is 35.4 Å². The number of hydrogen-bond donors (Lipinski definition) is 3. The first-order chi connectivity index (χ1) is 8.18. The predicted octanol–water partition coefficient (Wildman–Crippen LogP) is 1.97. The zero-order valence-electron chi connectivity index (χ0n) is 9.33. The molecule has 0 fully saturated rings. The number of hydrazone groups is 1. The van der Waals surface area contributed by atoms with Gasteiger partial charge in [-0.25, -0.2) is 10.2 Å². The number of hydrogen-bond acceptors (Lipinski definition) is 3. The topological polar surface area (TPSA) is 87.7 Å². The summed E-state index contributed by atoms with van der Waals surface area (Å²) in [5, 5.41) is 15.2. The summed E-state index contributed by atoms with van der Waals surface area (Å²) in [6, 6.07) is 10.2. The number of nitrogens with zero attached hydrogens (tertiary/aromatic N) is 1. The number of primary amides is 1. The molecule has 4 N–H and O–H groups in total. The number of urea groups is 1. The zero-order valence-corrected chi connectivity index (χ0v) is 10.1. The Bertz CT molecular complexity index is 599. The van der Waals surface area contributed by atoms with Crippen molar-refractivity contribution < 1.29 is 9.90 Å². The van der Waals surface area contributed by atoms with E-state index in [2.05, 4.69) is 10.5 Å². The van der Waals surface area contributed by atoms with Gasteiger partial charge in [-0.15, -0.1) is 12.4 Å². The van der Waals surface area contributed by atoms with Crippen LogP contribution in [-0.2, 0) is 0 Å². The molecule has 0 saturated carbocycles. The van der Waals surface area contributed by atoms with Gasteiger partial charge in [0, 0.05) is 5.56 Å². The minimum absolute atomic E-state index is 0. The van der Waals surface area contributed by atoms with Crippen LogP contribution in [0.3, 0.4) is 0 Å². The Morgan fingerprint density at radius 2 is 2.00 bits per heavy atom. The Hall–Kier alpha value is -2.27. The lowest BCUT2D eigenvalue weighted by Crippen LogP contribution is -2.24. The summed E-state index contributed by atoms with van der Waals surface area (Å²) in [7, 11) is 0. The van der Waals surface area contributed by atoms with Gasteiger partial charge < -0.3 is 10.8 Å². The van der Waals surface area contributed by atoms with Crippen molar-refractivity contribution in [3.05, 3.63) is 42.0 Å². The molecule has 0 aliphatic carbocycles. The zero-order chi connectivity index (χ0) is 12.3. The largest absolute Gasteiger partial charge is 0.507 e. The Kier molecular flexibility index (Phi) is 4.51. The van der Waals surface area contributed by atoms with Crippen LogP contribution >= 0.6 is 12.4 Å². The van der Waals surface area contributed by atoms with Crippen LogP contribution in [0.2, 0.25) is 0 Å². The maximum Gasteiger partial charge on any atom is 0.332 e. The molecule has 0 aliphatic rings. The van der Waals surface area contributed by atoms with Gasteiger partial charge in [0.1, 0.15) is 5.75 Å². The predicted molar refractivity (Wildman–Crippen MR) is 73.2 cm³/mol. The lowest BCUT2D eigenvalue weighted by molar-refractivity contribution is 0.249. The van der Waals surface area contributed by atoms with Crippen LogP contribution in [0.5, 0.6) is 5.75 Å². The fraction of sp³-hybridized carbons (Fsp3) is 0. The molecule has 2 rings (SSSR count). The van der Waals surface area contributed by atoms with E-state index in [1.165, 1.54) is 6.21 Å². The molecule has 0 radical (unpaired) electrons. The van der Waals surface area contributed by atoms with E-state index in [9.17, 15) is 9.90 Å². The van der Waals surface area contributed by atoms with E-state index in [1.54, 1.807) is 6.07 Å². The number of nitrogens with two attached hydrogens (primary N) is 1. The number of phenolic OH excluding ortho intramolecular Hbond substituents is 1. The minimum atomic E-state index is -0.749. The Balaban J connectivity index is 0.00000162. The third-order valence-corrected chi connectivity index (χ3v) is 2.32. The number of carbonyl (C=O) groups excluding carboxylic acids is 1. The molecule has 0 heterocycles. The van der Waals surface area contributed by atoms with Gasteiger partial charge in [-0.05, 0) is 16.8 Å². The highest BCUT2D eigenvalue weighted by Crippen LogP contribution is 2.25. The quantitative estimate of drug-likeness (QED) is 0.573. The Morgan fingerprint density at radius 1 is 1.28 bits per heavy atom. The fourth-order valence-electron chi connectivity index (χ4n) is 1.58. The summed E-state index contributed by atoms with van der Waals surface area (Å²) in [5.74, 6) is 0.0960. The molecule has 2 amide bonds. The maximum absolute atomic E-state index is 10.5. The van der Waals surface area contributed by atoms with E-state index in [4.69, 9.17) is 5.73 Å². The molecule has 0 bridgehead atoms. The number of aromatic hydroxyl groups is 1. The molecule has 0 unspecified atom stereocenters. The number of amides is 2. The maximum atomic E-state index is 10.5. The molecule has 0 aliphatic heterocycles. The number of fused-ring (bicyclic) bond motifs is 1. The second kappa shape index (κ2) is 5.88. The average molecular weight is 266 g/mol. The van der Waals surface area contributed by atoms with E-state index in [0.29, 0.717) is 5.56 Å². The first kappa shape index (κ1) is 13.8. The third-order valence-electron chi connectivity index (χ3n) is 2.32. The smallest absolute Gasteiger partial charge is 0.332 e. The molecule has 18 heavy (non-hydrogen) atoms. The number of phenols is 1. The summed E-state index contributed by atoms with van der Waals surface area (Å²) >= 11 is 0. The fourth-order valence-corrected chi connectivity index (χ4v) is 1.58. The van der Waals surface area contributed by atoms with Crippen molar-refractivity contribution in [3.63, 3.8) is 0 Å². The van der Waals surface area contributed by atoms with E-state index in [1.807, 2.05) is 30.3 Å². The van der Waals surface area contributed by atoms with Gasteiger partial charge >= 0.3 is 6.03 Å². The summed E-state index contributed by atoms with van der Waals surface area (Å²) in [6.07, 6.45) is 1.36. The summed E-state index contributed by atoms with van der Waals surface area (Å²) in [4.78, 5) is 10.5. The number of rotatable bonds is 2. The second-order valence-corrected chi connectivity index (χ2v) is 3.45. The van der Waals surface area contributed by atoms with Crippen molar-refractivity contribution in [2.45, 2.75) is 0 Å². The number of benzene rings is 2. The van der Waals surface area contributed by atoms with E-state index >= 15 is 0 Å². The molecule has 0 atom stereocenters. The second-order valence-electron chi connectivity index (χ2n) is 3.45. The first-order valence-electron chi connectivity index (χ1n) is 4.97. The van der Waals surface area contributed by atoms with Crippen molar-refractivity contribution in [3.8, 4) is 5.75 Å². The number of nitrogens with one attached hydrogen (secondary N) is 1. The molecular weight excluding hydrogens is 254 g/mol. The molecule has 2 aromatic carbocycles. The molecule has 0 aromatic heterocycles. The molecule has 5 nitrogen and oxygen atoms in total. The minimum Gasteiger partial charge on any atom is -0.507 e. The normalized spacial score (nSPS) is 10.2. The monoisotopic (exact) mass is 265 g/mol. The molecule has 2 aromatic rings. The van der Waals surface area contributed by atoms with Gasteiger partial charge in [0.05, 0.1) is 6.21 Å². The number of halogens is 1. The van der Waals surface area contributed by atoms with Gasteiger partial charge in [0.15, 0.2) is 0 Å². The van der Waals surface area contributed by atoms with Crippen molar-refractivity contribution in [1.29, 1.82) is 0 Å². The van der Waals surface area contributed by atoms with Crippen LogP contribution in [0.25, 0.3) is 10.8 Å². The van der Waals surface area contributed by atoms with Gasteiger partial charge in [0.25, 0.3) is 0 Å². The highest BCUT2D eigenvalue weighted by atomic mass is 35.5. The highest BCUT2D eigenvalue weighted by molar-refractivity contribution is 6.02. The molecule has 0 spiro atoms. The van der Waals surface area contributed by atoms with Crippen LogP contribution in [0, 0.1) is 0 Å². The van der Waals surface area contributed by atoms with Crippen LogP contribution in [-0.4, -0.2) is 17.4 Å². The van der Waals surface area contributed by atoms with Crippen LogP contribution in [0.4, 0.5) is 4.79 Å². The molecule has 6 heteroatoms. The molecular formula is C12H12ClN3O2. The lowest BCUT2D eigenvalue weighted by Gasteiger charge is -2.04. The molecule has 0 saturated heterocycles. The van der Waals surface area contributed by atoms with E-state index in [0.717, 1.165) is 10.8 Å². The van der Waals surface area contributed by atoms with Crippen molar-refractivity contribution in [2.75, 3.05) is 0 Å². The Labute approximate surface area is 110 Å². The van der Waals surface area contributed by atoms with Gasteiger partial charge in [-0.2, -0.15) is 5.10 Å². The summed E-state index contributed by atoms with van der Waals surface area (Å²) < 4.78 is 0.